The third kappa shape index (κ3) is 6.92. The summed E-state index contributed by atoms with van der Waals surface area (Å²) < 4.78 is 10.2. The third-order valence-electron chi connectivity index (χ3n) is 3.03. The van der Waals surface area contributed by atoms with Crippen LogP contribution in [-0.2, 0) is 23.9 Å². The van der Waals surface area contributed by atoms with E-state index in [1.807, 2.05) is 0 Å². The van der Waals surface area contributed by atoms with Gasteiger partial charge in [0.15, 0.2) is 6.10 Å². The summed E-state index contributed by atoms with van der Waals surface area (Å²) in [6.45, 7) is 3.35. The van der Waals surface area contributed by atoms with Crippen molar-refractivity contribution < 1.29 is 28.6 Å². The molecule has 0 saturated heterocycles. The number of nitrogens with zero attached hydrogens (tertiary/aromatic N) is 3. The number of carbonyl (C=O) groups is 3. The van der Waals surface area contributed by atoms with Crippen molar-refractivity contribution in [3.05, 3.63) is 22.1 Å². The van der Waals surface area contributed by atoms with Gasteiger partial charge in [0, 0.05) is 18.9 Å². The van der Waals surface area contributed by atoms with Crippen LogP contribution in [-0.4, -0.2) is 52.9 Å². The lowest BCUT2D eigenvalue weighted by atomic mass is 10.1. The molecule has 0 aliphatic heterocycles. The van der Waals surface area contributed by atoms with Crippen LogP contribution in [0, 0.1) is 0 Å². The van der Waals surface area contributed by atoms with Crippen molar-refractivity contribution in [1.82, 2.24) is 10.3 Å². The molecule has 1 N–H and O–H groups in total. The van der Waals surface area contributed by atoms with Crippen LogP contribution in [0.2, 0.25) is 0 Å². The van der Waals surface area contributed by atoms with Gasteiger partial charge in [-0.3, -0.25) is 9.59 Å². The molecular weight excluding hydrogens is 348 g/mol. The van der Waals surface area contributed by atoms with E-state index < -0.39 is 29.8 Å². The number of amides is 1. The molecule has 1 heterocycles. The average Bonchev–Trinajstić information content (AvgIpc) is 3.05. The first-order chi connectivity index (χ1) is 11.9. The van der Waals surface area contributed by atoms with Gasteiger partial charge >= 0.3 is 12.2 Å². The van der Waals surface area contributed by atoms with Gasteiger partial charge in [-0.2, -0.15) is 4.79 Å². The molecule has 0 bridgehead atoms. The number of carbonyl (C=O) groups excluding carboxylic acids is 3. The third-order valence-corrected chi connectivity index (χ3v) is 3.63. The van der Waals surface area contributed by atoms with E-state index in [1.54, 1.807) is 24.7 Å². The Labute approximate surface area is 149 Å². The van der Waals surface area contributed by atoms with Crippen molar-refractivity contribution in [1.29, 1.82) is 0 Å². The minimum absolute atomic E-state index is 0.00432. The van der Waals surface area contributed by atoms with Gasteiger partial charge < -0.3 is 20.3 Å². The molecule has 25 heavy (non-hydrogen) atoms. The minimum atomic E-state index is -1.04. The number of aromatic nitrogens is 1. The summed E-state index contributed by atoms with van der Waals surface area (Å²) in [5.74, 6) is -1.71. The molecule has 0 spiro atoms. The Morgan fingerprint density at radius 3 is 2.68 bits per heavy atom. The highest BCUT2D eigenvalue weighted by Crippen LogP contribution is 2.17. The Kier molecular flexibility index (Phi) is 8.62. The summed E-state index contributed by atoms with van der Waals surface area (Å²) >= 11 is 1.31. The summed E-state index contributed by atoms with van der Waals surface area (Å²) in [4.78, 5) is 42.7. The molecule has 0 unspecified atom stereocenters. The van der Waals surface area contributed by atoms with Gasteiger partial charge in [0.1, 0.15) is 6.04 Å². The van der Waals surface area contributed by atoms with Gasteiger partial charge in [0.25, 0.3) is 5.91 Å². The van der Waals surface area contributed by atoms with Crippen molar-refractivity contribution in [2.24, 2.45) is 0 Å². The molecular formula is C15H20N4O5S. The fraction of sp³-hybridized carbons (Fsp3) is 0.533. The number of ketones is 1. The first-order valence-electron chi connectivity index (χ1n) is 7.51. The van der Waals surface area contributed by atoms with E-state index in [9.17, 15) is 14.4 Å². The molecule has 2 atom stereocenters. The van der Waals surface area contributed by atoms with Crippen LogP contribution in [0.1, 0.15) is 38.5 Å². The van der Waals surface area contributed by atoms with E-state index in [-0.39, 0.29) is 18.9 Å². The van der Waals surface area contributed by atoms with E-state index in [2.05, 4.69) is 15.1 Å². The van der Waals surface area contributed by atoms with Crippen molar-refractivity contribution in [2.75, 3.05) is 7.11 Å². The molecule has 1 amide bonds. The van der Waals surface area contributed by atoms with Crippen molar-refractivity contribution in [3.8, 4) is 0 Å². The molecule has 10 heteroatoms. The maximum atomic E-state index is 12.4. The molecule has 9 nitrogen and oxygen atoms in total. The molecule has 0 aliphatic rings. The van der Waals surface area contributed by atoms with Gasteiger partial charge in [-0.25, -0.2) is 9.78 Å². The largest absolute Gasteiger partial charge is 0.461 e. The predicted molar refractivity (Wildman–Crippen MR) is 88.9 cm³/mol. The summed E-state index contributed by atoms with van der Waals surface area (Å²) in [5, 5.41) is 4.19. The van der Waals surface area contributed by atoms with Crippen LogP contribution in [0.5, 0.6) is 0 Å². The van der Waals surface area contributed by atoms with Crippen LogP contribution in [0.15, 0.2) is 10.9 Å². The Morgan fingerprint density at radius 1 is 1.44 bits per heavy atom. The predicted octanol–water partition coefficient (Wildman–Crippen LogP) is 0.917. The highest BCUT2D eigenvalue weighted by Gasteiger charge is 2.29. The van der Waals surface area contributed by atoms with E-state index in [1.165, 1.54) is 18.4 Å². The normalized spacial score (nSPS) is 12.8. The fourth-order valence-corrected chi connectivity index (χ4v) is 2.51. The van der Waals surface area contributed by atoms with Gasteiger partial charge in [-0.15, -0.1) is 11.3 Å². The molecule has 136 valence electrons. The molecule has 0 aliphatic carbocycles. The van der Waals surface area contributed by atoms with E-state index in [0.29, 0.717) is 5.69 Å². The first kappa shape index (κ1) is 20.6. The van der Waals surface area contributed by atoms with Crippen molar-refractivity contribution in [2.45, 2.75) is 44.9 Å². The second kappa shape index (κ2) is 10.4. The molecule has 1 aromatic rings. The molecule has 0 fully saturated rings. The standard InChI is InChI=1S/C15H20N4O5S/c1-9(2)24-15(22)11(5-4-10(20)6-18-16)19-14(21)13(23-3)12-7-25-8-17-12/h6-9,11,13H,4-5H2,1-3H3,(H,19,21)/t11-,13+/m0/s1. The molecule has 1 rings (SSSR count). The Hall–Kier alpha value is -2.42. The zero-order valence-electron chi connectivity index (χ0n) is 14.2. The highest BCUT2D eigenvalue weighted by molar-refractivity contribution is 7.07. The number of nitrogens with one attached hydrogen (secondary N) is 1. The number of Topliss-reactive ketones (excluding diaryl/α,β-unsaturated/α-hetero) is 1. The number of methoxy groups -OCH3 is 1. The zero-order chi connectivity index (χ0) is 18.8. The summed E-state index contributed by atoms with van der Waals surface area (Å²) in [6, 6.07) is -1.04. The number of rotatable bonds is 10. The number of ether oxygens (including phenoxy) is 2. The van der Waals surface area contributed by atoms with Gasteiger partial charge in [0.05, 0.1) is 17.3 Å². The maximum absolute atomic E-state index is 12.4. The Balaban J connectivity index is 2.83. The fourth-order valence-electron chi connectivity index (χ4n) is 1.94. The molecule has 1 aromatic heterocycles. The summed E-state index contributed by atoms with van der Waals surface area (Å²) in [5.41, 5.74) is 10.3. The van der Waals surface area contributed by atoms with E-state index in [0.717, 1.165) is 6.21 Å². The van der Waals surface area contributed by atoms with E-state index in [4.69, 9.17) is 15.0 Å². The summed E-state index contributed by atoms with van der Waals surface area (Å²) in [7, 11) is 1.35. The number of hydrogen-bond donors (Lipinski definition) is 1. The van der Waals surface area contributed by atoms with Crippen LogP contribution >= 0.6 is 11.3 Å². The van der Waals surface area contributed by atoms with E-state index >= 15 is 0 Å². The number of hydrogen-bond acceptors (Lipinski definition) is 7. The number of esters is 1. The molecule has 0 saturated carbocycles. The van der Waals surface area contributed by atoms with Crippen LogP contribution in [0.3, 0.4) is 0 Å². The van der Waals surface area contributed by atoms with Gasteiger partial charge in [0.2, 0.25) is 5.78 Å². The lowest BCUT2D eigenvalue weighted by Crippen LogP contribution is -2.45. The topological polar surface area (TPSA) is 131 Å². The minimum Gasteiger partial charge on any atom is -0.461 e. The molecule has 0 radical (unpaired) electrons. The van der Waals surface area contributed by atoms with Crippen LogP contribution < -0.4 is 5.32 Å². The van der Waals surface area contributed by atoms with Crippen LogP contribution in [0.25, 0.3) is 5.53 Å². The molecule has 0 aromatic carbocycles. The second-order valence-electron chi connectivity index (χ2n) is 5.33. The lowest BCUT2D eigenvalue weighted by Gasteiger charge is -2.21. The van der Waals surface area contributed by atoms with Crippen molar-refractivity contribution in [3.63, 3.8) is 0 Å². The highest BCUT2D eigenvalue weighted by atomic mass is 32.1. The lowest BCUT2D eigenvalue weighted by molar-refractivity contribution is -0.153. The van der Waals surface area contributed by atoms with Gasteiger partial charge in [-0.1, -0.05) is 0 Å². The van der Waals surface area contributed by atoms with Crippen LogP contribution in [0.4, 0.5) is 0 Å². The smallest absolute Gasteiger partial charge is 0.328 e. The van der Waals surface area contributed by atoms with Crippen molar-refractivity contribution >= 4 is 35.2 Å². The second-order valence-corrected chi connectivity index (χ2v) is 6.04. The first-order valence-corrected chi connectivity index (χ1v) is 8.45. The number of thiazole rings is 1. The summed E-state index contributed by atoms with van der Waals surface area (Å²) in [6.07, 6.45) is -0.722. The van der Waals surface area contributed by atoms with Gasteiger partial charge in [-0.05, 0) is 20.3 Å². The Morgan fingerprint density at radius 2 is 2.16 bits per heavy atom. The SMILES string of the molecule is CO[C@@H](C(=O)N[C@@H](CCC(=O)C=[N+]=[N-])C(=O)OC(C)C)c1cscn1. The quantitative estimate of drug-likeness (QED) is 0.283. The monoisotopic (exact) mass is 368 g/mol. The average molecular weight is 368 g/mol. The maximum Gasteiger partial charge on any atom is 0.328 e. The Bertz CT molecular complexity index is 640. The zero-order valence-corrected chi connectivity index (χ0v) is 15.0.